The maximum absolute atomic E-state index is 9.82. The first kappa shape index (κ1) is 7.42. The van der Waals surface area contributed by atoms with Crippen LogP contribution >= 0.6 is 0 Å². The summed E-state index contributed by atoms with van der Waals surface area (Å²) in [7, 11) is 0. The fourth-order valence-electron chi connectivity index (χ4n) is 0.750. The molecule has 3 nitrogen and oxygen atoms in total. The SMILES string of the molecule is [C-]#[N+]c1ccc(CN=O)cc1. The van der Waals surface area contributed by atoms with Crippen LogP contribution in [0.2, 0.25) is 0 Å². The average Bonchev–Trinajstić information content (AvgIpc) is 2.07. The maximum Gasteiger partial charge on any atom is 0.187 e. The Balaban J connectivity index is 2.84. The molecule has 1 aromatic carbocycles. The molecule has 11 heavy (non-hydrogen) atoms. The molecule has 0 radical (unpaired) electrons. The van der Waals surface area contributed by atoms with E-state index in [0.29, 0.717) is 5.69 Å². The molecule has 0 aliphatic rings. The summed E-state index contributed by atoms with van der Waals surface area (Å²) in [6.07, 6.45) is 0. The van der Waals surface area contributed by atoms with Crippen molar-refractivity contribution in [2.24, 2.45) is 5.18 Å². The van der Waals surface area contributed by atoms with Gasteiger partial charge in [0.25, 0.3) is 0 Å². The molecule has 1 rings (SSSR count). The minimum atomic E-state index is 0.179. The number of benzene rings is 1. The van der Waals surface area contributed by atoms with E-state index in [1.54, 1.807) is 24.3 Å². The van der Waals surface area contributed by atoms with Crippen LogP contribution in [-0.2, 0) is 6.54 Å². The zero-order valence-corrected chi connectivity index (χ0v) is 5.82. The van der Waals surface area contributed by atoms with E-state index in [1.807, 2.05) is 0 Å². The average molecular weight is 146 g/mol. The summed E-state index contributed by atoms with van der Waals surface area (Å²) < 4.78 is 0. The summed E-state index contributed by atoms with van der Waals surface area (Å²) >= 11 is 0. The molecule has 0 aromatic heterocycles. The van der Waals surface area contributed by atoms with Crippen molar-refractivity contribution < 1.29 is 0 Å². The van der Waals surface area contributed by atoms with Gasteiger partial charge >= 0.3 is 0 Å². The molecule has 1 aromatic rings. The monoisotopic (exact) mass is 146 g/mol. The first-order valence-corrected chi connectivity index (χ1v) is 3.12. The quantitative estimate of drug-likeness (QED) is 0.466. The van der Waals surface area contributed by atoms with Crippen molar-refractivity contribution >= 4 is 5.69 Å². The summed E-state index contributed by atoms with van der Waals surface area (Å²) in [6, 6.07) is 6.81. The molecule has 0 aliphatic carbocycles. The second kappa shape index (κ2) is 3.47. The van der Waals surface area contributed by atoms with Crippen molar-refractivity contribution in [1.29, 1.82) is 0 Å². The molecule has 0 bridgehead atoms. The zero-order valence-electron chi connectivity index (χ0n) is 5.82. The van der Waals surface area contributed by atoms with Crippen molar-refractivity contribution in [3.63, 3.8) is 0 Å². The van der Waals surface area contributed by atoms with Gasteiger partial charge in [-0.2, -0.15) is 4.91 Å². The van der Waals surface area contributed by atoms with Crippen LogP contribution in [0.1, 0.15) is 5.56 Å². The molecular formula is C8H6N2O. The molecule has 3 heteroatoms. The summed E-state index contributed by atoms with van der Waals surface area (Å²) in [6.45, 7) is 6.83. The fourth-order valence-corrected chi connectivity index (χ4v) is 0.750. The molecule has 0 aliphatic heterocycles. The van der Waals surface area contributed by atoms with E-state index in [2.05, 4.69) is 10.0 Å². The Kier molecular flexibility index (Phi) is 2.34. The van der Waals surface area contributed by atoms with Gasteiger partial charge in [0.2, 0.25) is 0 Å². The van der Waals surface area contributed by atoms with Crippen molar-refractivity contribution in [1.82, 2.24) is 0 Å². The Morgan fingerprint density at radius 1 is 1.36 bits per heavy atom. The van der Waals surface area contributed by atoms with Crippen molar-refractivity contribution in [2.45, 2.75) is 6.54 Å². The van der Waals surface area contributed by atoms with Gasteiger partial charge < -0.3 is 0 Å². The lowest BCUT2D eigenvalue weighted by Gasteiger charge is -1.92. The molecule has 0 saturated heterocycles. The minimum Gasteiger partial charge on any atom is -0.238 e. The Hall–Kier alpha value is -1.69. The third-order valence-corrected chi connectivity index (χ3v) is 1.31. The normalized spacial score (nSPS) is 8.64. The smallest absolute Gasteiger partial charge is 0.187 e. The molecule has 0 amide bonds. The highest BCUT2D eigenvalue weighted by Gasteiger charge is 1.91. The molecule has 54 valence electrons. The molecule has 0 N–H and O–H groups in total. The molecule has 0 atom stereocenters. The second-order valence-electron chi connectivity index (χ2n) is 2.07. The lowest BCUT2D eigenvalue weighted by Crippen LogP contribution is -1.76. The Labute approximate surface area is 64.5 Å². The summed E-state index contributed by atoms with van der Waals surface area (Å²) in [4.78, 5) is 13.0. The van der Waals surface area contributed by atoms with Crippen LogP contribution in [0.25, 0.3) is 4.85 Å². The molecule has 0 saturated carbocycles. The van der Waals surface area contributed by atoms with Crippen molar-refractivity contribution in [3.8, 4) is 0 Å². The van der Waals surface area contributed by atoms with Gasteiger partial charge in [-0.1, -0.05) is 29.4 Å². The van der Waals surface area contributed by atoms with Gasteiger partial charge in [-0.3, -0.25) is 0 Å². The summed E-state index contributed by atoms with van der Waals surface area (Å²) in [5.74, 6) is 0. The largest absolute Gasteiger partial charge is 0.238 e. The third kappa shape index (κ3) is 1.87. The molecule has 0 spiro atoms. The molecular weight excluding hydrogens is 140 g/mol. The number of hydrogen-bond acceptors (Lipinski definition) is 2. The number of rotatable bonds is 2. The minimum absolute atomic E-state index is 0.179. The Morgan fingerprint density at radius 2 is 2.00 bits per heavy atom. The second-order valence-corrected chi connectivity index (χ2v) is 2.07. The van der Waals surface area contributed by atoms with Crippen molar-refractivity contribution in [2.75, 3.05) is 0 Å². The predicted octanol–water partition coefficient (Wildman–Crippen LogP) is 2.50. The fraction of sp³-hybridized carbons (Fsp3) is 0.125. The van der Waals surface area contributed by atoms with E-state index < -0.39 is 0 Å². The van der Waals surface area contributed by atoms with Gasteiger partial charge in [-0.15, -0.1) is 0 Å². The predicted molar refractivity (Wildman–Crippen MR) is 42.2 cm³/mol. The van der Waals surface area contributed by atoms with Gasteiger partial charge in [-0.25, -0.2) is 4.85 Å². The highest BCUT2D eigenvalue weighted by molar-refractivity contribution is 5.45. The molecule has 0 unspecified atom stereocenters. The van der Waals surface area contributed by atoms with Gasteiger partial charge in [0, 0.05) is 0 Å². The van der Waals surface area contributed by atoms with Crippen molar-refractivity contribution in [3.05, 3.63) is 46.2 Å². The van der Waals surface area contributed by atoms with E-state index in [-0.39, 0.29) is 6.54 Å². The Bertz CT molecular complexity index is 284. The standard InChI is InChI=1S/C8H6N2O/c1-9-8-4-2-7(3-5-8)6-10-11/h2-5H,6H2. The van der Waals surface area contributed by atoms with Crippen LogP contribution in [0.5, 0.6) is 0 Å². The van der Waals surface area contributed by atoms with Crippen LogP contribution in [0.4, 0.5) is 5.69 Å². The summed E-state index contributed by atoms with van der Waals surface area (Å²) in [5.41, 5.74) is 1.42. The van der Waals surface area contributed by atoms with Gasteiger partial charge in [0.05, 0.1) is 6.57 Å². The number of nitroso groups, excluding NO2 is 1. The Morgan fingerprint density at radius 3 is 2.45 bits per heavy atom. The first-order valence-electron chi connectivity index (χ1n) is 3.12. The topological polar surface area (TPSA) is 33.8 Å². The maximum atomic E-state index is 9.82. The van der Waals surface area contributed by atoms with E-state index in [4.69, 9.17) is 6.57 Å². The van der Waals surface area contributed by atoms with Gasteiger partial charge in [0.1, 0.15) is 6.54 Å². The van der Waals surface area contributed by atoms with Crippen LogP contribution in [0.15, 0.2) is 29.4 Å². The summed E-state index contributed by atoms with van der Waals surface area (Å²) in [5, 5.41) is 2.73. The lowest BCUT2D eigenvalue weighted by atomic mass is 10.2. The van der Waals surface area contributed by atoms with E-state index in [0.717, 1.165) is 5.56 Å². The van der Waals surface area contributed by atoms with Crippen LogP contribution < -0.4 is 0 Å². The lowest BCUT2D eigenvalue weighted by molar-refractivity contribution is 1.06. The molecule has 0 fully saturated rings. The van der Waals surface area contributed by atoms with Gasteiger partial charge in [-0.05, 0) is 5.56 Å². The van der Waals surface area contributed by atoms with Crippen LogP contribution in [-0.4, -0.2) is 0 Å². The van der Waals surface area contributed by atoms with Crippen LogP contribution in [0, 0.1) is 11.5 Å². The highest BCUT2D eigenvalue weighted by atomic mass is 16.3. The number of hydrogen-bond donors (Lipinski definition) is 0. The van der Waals surface area contributed by atoms with Gasteiger partial charge in [0.15, 0.2) is 5.69 Å². The van der Waals surface area contributed by atoms with E-state index in [9.17, 15) is 4.91 Å². The molecule has 0 heterocycles. The third-order valence-electron chi connectivity index (χ3n) is 1.31. The van der Waals surface area contributed by atoms with E-state index >= 15 is 0 Å². The number of nitrogens with zero attached hydrogens (tertiary/aromatic N) is 2. The zero-order chi connectivity index (χ0) is 8.10. The first-order chi connectivity index (χ1) is 5.36. The van der Waals surface area contributed by atoms with E-state index in [1.165, 1.54) is 0 Å². The van der Waals surface area contributed by atoms with Crippen LogP contribution in [0.3, 0.4) is 0 Å². The highest BCUT2D eigenvalue weighted by Crippen LogP contribution is 2.12.